The topological polar surface area (TPSA) is 48.0 Å². The van der Waals surface area contributed by atoms with Crippen LogP contribution in [0.15, 0.2) is 42.7 Å². The van der Waals surface area contributed by atoms with Gasteiger partial charge >= 0.3 is 0 Å². The molecule has 1 aromatic carbocycles. The predicted octanol–water partition coefficient (Wildman–Crippen LogP) is 4.39. The quantitative estimate of drug-likeness (QED) is 0.658. The summed E-state index contributed by atoms with van der Waals surface area (Å²) >= 11 is 0. The molecule has 0 radical (unpaired) electrons. The molecule has 0 saturated heterocycles. The second-order valence-electron chi connectivity index (χ2n) is 6.77. The highest BCUT2D eigenvalue weighted by Crippen LogP contribution is 2.30. The van der Waals surface area contributed by atoms with Gasteiger partial charge in [-0.05, 0) is 35.9 Å². The van der Waals surface area contributed by atoms with Crippen molar-refractivity contribution in [2.24, 2.45) is 7.05 Å². The van der Waals surface area contributed by atoms with Crippen LogP contribution in [0.4, 0.5) is 5.69 Å². The summed E-state index contributed by atoms with van der Waals surface area (Å²) in [5, 5.41) is 4.42. The zero-order valence-corrected chi connectivity index (χ0v) is 14.3. The van der Waals surface area contributed by atoms with Gasteiger partial charge in [-0.2, -0.15) is 5.10 Å². The van der Waals surface area contributed by atoms with E-state index in [0.29, 0.717) is 11.5 Å². The van der Waals surface area contributed by atoms with Gasteiger partial charge in [0.15, 0.2) is 11.5 Å². The third-order valence-corrected chi connectivity index (χ3v) is 3.74. The molecule has 0 N–H and O–H groups in total. The summed E-state index contributed by atoms with van der Waals surface area (Å²) < 4.78 is 1.75. The first-order valence-electron chi connectivity index (χ1n) is 7.73. The van der Waals surface area contributed by atoms with Gasteiger partial charge in [0.05, 0.1) is 12.3 Å². The summed E-state index contributed by atoms with van der Waals surface area (Å²) in [5.74, 6) is 0.630. The maximum absolute atomic E-state index is 7.37. The van der Waals surface area contributed by atoms with E-state index in [4.69, 9.17) is 11.6 Å². The van der Waals surface area contributed by atoms with E-state index < -0.39 is 0 Å². The van der Waals surface area contributed by atoms with Crippen LogP contribution >= 0.6 is 0 Å². The molecule has 120 valence electrons. The van der Waals surface area contributed by atoms with Crippen molar-refractivity contribution in [3.63, 3.8) is 0 Å². The van der Waals surface area contributed by atoms with Gasteiger partial charge in [-0.3, -0.25) is 4.68 Å². The molecule has 3 aromatic rings. The summed E-state index contributed by atoms with van der Waals surface area (Å²) in [6.07, 6.45) is 3.66. The molecule has 24 heavy (non-hydrogen) atoms. The minimum atomic E-state index is -0.0566. The van der Waals surface area contributed by atoms with E-state index in [1.807, 2.05) is 43.6 Å². The van der Waals surface area contributed by atoms with E-state index in [9.17, 15) is 0 Å². The molecule has 3 rings (SSSR count). The summed E-state index contributed by atoms with van der Waals surface area (Å²) in [6, 6.07) is 9.51. The Hall–Kier alpha value is -3.00. The van der Waals surface area contributed by atoms with Crippen LogP contribution in [0, 0.1) is 6.57 Å². The second kappa shape index (κ2) is 5.89. The number of hydrogen-bond donors (Lipinski definition) is 0. The van der Waals surface area contributed by atoms with Crippen molar-refractivity contribution >= 4 is 5.69 Å². The van der Waals surface area contributed by atoms with Gasteiger partial charge in [-0.25, -0.2) is 14.8 Å². The van der Waals surface area contributed by atoms with Crippen molar-refractivity contribution < 1.29 is 0 Å². The number of nitrogens with zero attached hydrogens (tertiary/aromatic N) is 5. The fraction of sp³-hybridized carbons (Fsp3) is 0.263. The van der Waals surface area contributed by atoms with E-state index in [2.05, 4.69) is 35.7 Å². The molecule has 0 bridgehead atoms. The molecule has 0 aliphatic carbocycles. The molecular formula is C19H19N5. The standard InChI is InChI=1S/C19H19N5/c1-19(2,3)17-6-8-21-18(22-17)14-10-13(11-15(12-14)20-4)16-7-9-24(5)23-16/h6-12H,1-3,5H3. The number of aryl methyl sites for hydroxylation is 1. The number of rotatable bonds is 2. The van der Waals surface area contributed by atoms with Crippen molar-refractivity contribution in [3.8, 4) is 22.6 Å². The van der Waals surface area contributed by atoms with Gasteiger partial charge in [-0.15, -0.1) is 0 Å². The predicted molar refractivity (Wildman–Crippen MR) is 94.6 cm³/mol. The fourth-order valence-corrected chi connectivity index (χ4v) is 2.44. The number of hydrogen-bond acceptors (Lipinski definition) is 3. The molecule has 0 spiro atoms. The molecule has 2 aromatic heterocycles. The van der Waals surface area contributed by atoms with E-state index >= 15 is 0 Å². The van der Waals surface area contributed by atoms with E-state index in [1.54, 1.807) is 10.9 Å². The first-order valence-corrected chi connectivity index (χ1v) is 7.73. The zero-order valence-electron chi connectivity index (χ0n) is 14.3. The van der Waals surface area contributed by atoms with Crippen LogP contribution in [0.5, 0.6) is 0 Å². The van der Waals surface area contributed by atoms with Crippen molar-refractivity contribution in [1.82, 2.24) is 19.7 Å². The summed E-state index contributed by atoms with van der Waals surface area (Å²) in [6.45, 7) is 13.7. The average Bonchev–Trinajstić information content (AvgIpc) is 3.00. The third kappa shape index (κ3) is 3.18. The highest BCUT2D eigenvalue weighted by Gasteiger charge is 2.17. The Labute approximate surface area is 141 Å². The lowest BCUT2D eigenvalue weighted by Gasteiger charge is -2.18. The van der Waals surface area contributed by atoms with Gasteiger partial charge in [0.25, 0.3) is 0 Å². The van der Waals surface area contributed by atoms with Crippen molar-refractivity contribution in [2.75, 3.05) is 0 Å². The zero-order chi connectivity index (χ0) is 17.3. The van der Waals surface area contributed by atoms with Gasteiger partial charge in [-0.1, -0.05) is 20.8 Å². The molecule has 0 aliphatic rings. The maximum atomic E-state index is 7.37. The first-order chi connectivity index (χ1) is 11.4. The summed E-state index contributed by atoms with van der Waals surface area (Å²) in [5.41, 5.74) is 4.02. The molecule has 0 saturated carbocycles. The number of aromatic nitrogens is 4. The van der Waals surface area contributed by atoms with Crippen molar-refractivity contribution in [2.45, 2.75) is 26.2 Å². The summed E-state index contributed by atoms with van der Waals surface area (Å²) in [4.78, 5) is 12.7. The van der Waals surface area contributed by atoms with Crippen LogP contribution in [-0.4, -0.2) is 19.7 Å². The Balaban J connectivity index is 2.13. The lowest BCUT2D eigenvalue weighted by Crippen LogP contribution is -2.14. The Bertz CT molecular complexity index is 925. The van der Waals surface area contributed by atoms with Crippen LogP contribution < -0.4 is 0 Å². The van der Waals surface area contributed by atoms with Crippen molar-refractivity contribution in [1.29, 1.82) is 0 Å². The molecule has 5 nitrogen and oxygen atoms in total. The van der Waals surface area contributed by atoms with Crippen molar-refractivity contribution in [3.05, 3.63) is 59.8 Å². The SMILES string of the molecule is [C-]#[N+]c1cc(-c2ccn(C)n2)cc(-c2nccc(C(C)(C)C)n2)c1. The van der Waals surface area contributed by atoms with Gasteiger partial charge in [0.1, 0.15) is 0 Å². The lowest BCUT2D eigenvalue weighted by atomic mass is 9.92. The molecule has 0 unspecified atom stereocenters. The molecule has 2 heterocycles. The van der Waals surface area contributed by atoms with Gasteiger partial charge < -0.3 is 0 Å². The first kappa shape index (κ1) is 15.9. The largest absolute Gasteiger partial charge is 0.275 e. The third-order valence-electron chi connectivity index (χ3n) is 3.74. The number of benzene rings is 1. The Morgan fingerprint density at radius 2 is 1.83 bits per heavy atom. The highest BCUT2D eigenvalue weighted by atomic mass is 15.2. The monoisotopic (exact) mass is 317 g/mol. The molecule has 0 aliphatic heterocycles. The fourth-order valence-electron chi connectivity index (χ4n) is 2.44. The van der Waals surface area contributed by atoms with E-state index in [1.165, 1.54) is 0 Å². The lowest BCUT2D eigenvalue weighted by molar-refractivity contribution is 0.568. The normalized spacial score (nSPS) is 11.3. The Kier molecular flexibility index (Phi) is 3.90. The summed E-state index contributed by atoms with van der Waals surface area (Å²) in [7, 11) is 1.87. The Morgan fingerprint density at radius 1 is 1.08 bits per heavy atom. The molecule has 0 atom stereocenters. The minimum Gasteiger partial charge on any atom is -0.275 e. The molecular weight excluding hydrogens is 298 g/mol. The average molecular weight is 317 g/mol. The highest BCUT2D eigenvalue weighted by molar-refractivity contribution is 5.74. The van der Waals surface area contributed by atoms with E-state index in [0.717, 1.165) is 22.5 Å². The smallest absolute Gasteiger partial charge is 0.188 e. The Morgan fingerprint density at radius 3 is 2.46 bits per heavy atom. The second-order valence-corrected chi connectivity index (χ2v) is 6.77. The molecule has 0 amide bonds. The molecule has 0 fully saturated rings. The van der Waals surface area contributed by atoms with E-state index in [-0.39, 0.29) is 5.41 Å². The van der Waals surface area contributed by atoms with Gasteiger partial charge in [0.2, 0.25) is 0 Å². The van der Waals surface area contributed by atoms with Crippen LogP contribution in [-0.2, 0) is 12.5 Å². The van der Waals surface area contributed by atoms with Crippen LogP contribution in [0.25, 0.3) is 27.5 Å². The van der Waals surface area contributed by atoms with Crippen LogP contribution in [0.3, 0.4) is 0 Å². The van der Waals surface area contributed by atoms with Gasteiger partial charge in [0, 0.05) is 36.1 Å². The van der Waals surface area contributed by atoms with Crippen LogP contribution in [0.2, 0.25) is 0 Å². The minimum absolute atomic E-state index is 0.0566. The maximum Gasteiger partial charge on any atom is 0.188 e. The molecule has 5 heteroatoms. The van der Waals surface area contributed by atoms with Crippen LogP contribution in [0.1, 0.15) is 26.5 Å².